The van der Waals surface area contributed by atoms with Crippen LogP contribution in [0.1, 0.15) is 31.7 Å². The Hall–Kier alpha value is -0.920. The van der Waals surface area contributed by atoms with Gasteiger partial charge in [-0.05, 0) is 49.3 Å². The van der Waals surface area contributed by atoms with Crippen molar-refractivity contribution in [3.8, 4) is 0 Å². The number of nitrogens with one attached hydrogen (secondary N) is 1. The standard InChI is InChI=1S/C14H21NO4S2/c1-11-4-5-12(20(3,16)17)10-13(11)21(18,19)15-9-8-14(2)6-7-14/h4-5,10,15H,6-9H2,1-3H3. The molecule has 1 aliphatic rings. The maximum atomic E-state index is 12.3. The van der Waals surface area contributed by atoms with E-state index in [0.717, 1.165) is 25.5 Å². The van der Waals surface area contributed by atoms with E-state index in [0.29, 0.717) is 12.1 Å². The summed E-state index contributed by atoms with van der Waals surface area (Å²) < 4.78 is 50.4. The molecule has 21 heavy (non-hydrogen) atoms. The smallest absolute Gasteiger partial charge is 0.224 e. The molecule has 1 aromatic carbocycles. The van der Waals surface area contributed by atoms with Crippen LogP contribution in [0.3, 0.4) is 0 Å². The molecule has 5 nitrogen and oxygen atoms in total. The monoisotopic (exact) mass is 331 g/mol. The van der Waals surface area contributed by atoms with Crippen molar-refractivity contribution < 1.29 is 16.8 Å². The Morgan fingerprint density at radius 2 is 1.81 bits per heavy atom. The van der Waals surface area contributed by atoms with Crippen LogP contribution >= 0.6 is 0 Å². The third-order valence-corrected chi connectivity index (χ3v) is 6.71. The number of aryl methyl sites for hydroxylation is 1. The SMILES string of the molecule is Cc1ccc(S(C)(=O)=O)cc1S(=O)(=O)NCCC1(C)CC1. The molecule has 0 saturated heterocycles. The Balaban J connectivity index is 2.22. The van der Waals surface area contributed by atoms with Gasteiger partial charge >= 0.3 is 0 Å². The molecule has 1 aliphatic carbocycles. The van der Waals surface area contributed by atoms with Crippen LogP contribution in [-0.4, -0.2) is 29.6 Å². The van der Waals surface area contributed by atoms with E-state index in [1.165, 1.54) is 18.2 Å². The second-order valence-electron chi connectivity index (χ2n) is 6.16. The lowest BCUT2D eigenvalue weighted by atomic mass is 10.1. The fourth-order valence-corrected chi connectivity index (χ4v) is 4.15. The highest BCUT2D eigenvalue weighted by Gasteiger charge is 2.36. The van der Waals surface area contributed by atoms with Gasteiger partial charge in [0.25, 0.3) is 0 Å². The summed E-state index contributed by atoms with van der Waals surface area (Å²) in [6.07, 6.45) is 4.14. The molecule has 0 bridgehead atoms. The molecule has 118 valence electrons. The minimum absolute atomic E-state index is 0.0163. The van der Waals surface area contributed by atoms with E-state index in [9.17, 15) is 16.8 Å². The molecule has 0 spiro atoms. The summed E-state index contributed by atoms with van der Waals surface area (Å²) in [4.78, 5) is 0.0500. The maximum Gasteiger partial charge on any atom is 0.240 e. The lowest BCUT2D eigenvalue weighted by Gasteiger charge is -2.12. The van der Waals surface area contributed by atoms with Crippen LogP contribution in [0, 0.1) is 12.3 Å². The fourth-order valence-electron chi connectivity index (χ4n) is 2.13. The van der Waals surface area contributed by atoms with Gasteiger partial charge < -0.3 is 0 Å². The molecule has 1 N–H and O–H groups in total. The van der Waals surface area contributed by atoms with Gasteiger partial charge in [-0.3, -0.25) is 0 Å². The Morgan fingerprint density at radius 3 is 2.33 bits per heavy atom. The summed E-state index contributed by atoms with van der Waals surface area (Å²) in [6, 6.07) is 4.17. The van der Waals surface area contributed by atoms with E-state index in [2.05, 4.69) is 11.6 Å². The second kappa shape index (κ2) is 5.37. The van der Waals surface area contributed by atoms with E-state index >= 15 is 0 Å². The minimum Gasteiger partial charge on any atom is -0.224 e. The fraction of sp³-hybridized carbons (Fsp3) is 0.571. The quantitative estimate of drug-likeness (QED) is 0.863. The average Bonchev–Trinajstić information content (AvgIpc) is 3.05. The lowest BCUT2D eigenvalue weighted by molar-refractivity contribution is 0.507. The topological polar surface area (TPSA) is 80.3 Å². The number of hydrogen-bond acceptors (Lipinski definition) is 4. The molecule has 0 atom stereocenters. The van der Waals surface area contributed by atoms with Crippen molar-refractivity contribution in [2.75, 3.05) is 12.8 Å². The van der Waals surface area contributed by atoms with Crippen LogP contribution in [0.15, 0.2) is 28.0 Å². The molecule has 1 aromatic rings. The van der Waals surface area contributed by atoms with Gasteiger partial charge in [-0.2, -0.15) is 0 Å². The molecule has 0 amide bonds. The number of sulfonamides is 1. The van der Waals surface area contributed by atoms with Crippen molar-refractivity contribution in [3.05, 3.63) is 23.8 Å². The van der Waals surface area contributed by atoms with Gasteiger partial charge in [-0.25, -0.2) is 21.6 Å². The summed E-state index contributed by atoms with van der Waals surface area (Å²) in [5.74, 6) is 0. The van der Waals surface area contributed by atoms with Crippen molar-refractivity contribution in [2.45, 2.75) is 42.9 Å². The van der Waals surface area contributed by atoms with E-state index in [1.807, 2.05) is 0 Å². The van der Waals surface area contributed by atoms with Crippen molar-refractivity contribution in [1.29, 1.82) is 0 Å². The number of sulfone groups is 1. The number of hydrogen-bond donors (Lipinski definition) is 1. The Bertz CT molecular complexity index is 747. The molecule has 0 radical (unpaired) electrons. The molecule has 0 aliphatic heterocycles. The first kappa shape index (κ1) is 16.5. The second-order valence-corrected chi connectivity index (χ2v) is 9.91. The number of rotatable bonds is 6. The maximum absolute atomic E-state index is 12.3. The Labute approximate surface area is 126 Å². The summed E-state index contributed by atoms with van der Waals surface area (Å²) in [5.41, 5.74) is 0.805. The average molecular weight is 331 g/mol. The minimum atomic E-state index is -3.68. The van der Waals surface area contributed by atoms with Crippen LogP contribution in [0.2, 0.25) is 0 Å². The van der Waals surface area contributed by atoms with E-state index < -0.39 is 19.9 Å². The third kappa shape index (κ3) is 4.05. The zero-order chi connectivity index (χ0) is 15.9. The van der Waals surface area contributed by atoms with Crippen LogP contribution in [0.5, 0.6) is 0 Å². The van der Waals surface area contributed by atoms with Gasteiger partial charge in [0.05, 0.1) is 9.79 Å². The molecular weight excluding hydrogens is 310 g/mol. The van der Waals surface area contributed by atoms with E-state index in [1.54, 1.807) is 6.92 Å². The van der Waals surface area contributed by atoms with Gasteiger partial charge in [0.15, 0.2) is 9.84 Å². The largest absolute Gasteiger partial charge is 0.240 e. The normalized spacial score (nSPS) is 17.7. The molecule has 0 aromatic heterocycles. The molecule has 2 rings (SSSR count). The summed E-state index contributed by atoms with van der Waals surface area (Å²) in [5, 5.41) is 0. The molecule has 7 heteroatoms. The van der Waals surface area contributed by atoms with Gasteiger partial charge in [0.1, 0.15) is 0 Å². The van der Waals surface area contributed by atoms with Gasteiger partial charge in [0, 0.05) is 12.8 Å². The van der Waals surface area contributed by atoms with E-state index in [-0.39, 0.29) is 15.2 Å². The first-order valence-corrected chi connectivity index (χ1v) is 10.2. The predicted octanol–water partition coefficient (Wildman–Crippen LogP) is 1.87. The Morgan fingerprint density at radius 1 is 1.19 bits per heavy atom. The van der Waals surface area contributed by atoms with Crippen LogP contribution in [0.25, 0.3) is 0 Å². The highest BCUT2D eigenvalue weighted by molar-refractivity contribution is 7.91. The summed E-state index contributed by atoms with van der Waals surface area (Å²) in [6.45, 7) is 4.17. The molecule has 1 saturated carbocycles. The highest BCUT2D eigenvalue weighted by atomic mass is 32.2. The Kier molecular flexibility index (Phi) is 4.21. The van der Waals surface area contributed by atoms with Gasteiger partial charge in [-0.15, -0.1) is 0 Å². The van der Waals surface area contributed by atoms with Crippen LogP contribution in [0.4, 0.5) is 0 Å². The predicted molar refractivity (Wildman–Crippen MR) is 81.4 cm³/mol. The highest BCUT2D eigenvalue weighted by Crippen LogP contribution is 2.47. The summed E-state index contributed by atoms with van der Waals surface area (Å²) in [7, 11) is -7.11. The van der Waals surface area contributed by atoms with Crippen LogP contribution < -0.4 is 4.72 Å². The summed E-state index contributed by atoms with van der Waals surface area (Å²) >= 11 is 0. The van der Waals surface area contributed by atoms with Crippen LogP contribution in [-0.2, 0) is 19.9 Å². The molecule has 1 fully saturated rings. The molecule has 0 heterocycles. The van der Waals surface area contributed by atoms with E-state index in [4.69, 9.17) is 0 Å². The van der Waals surface area contributed by atoms with Crippen molar-refractivity contribution in [1.82, 2.24) is 4.72 Å². The lowest BCUT2D eigenvalue weighted by Crippen LogP contribution is -2.27. The van der Waals surface area contributed by atoms with Gasteiger partial charge in [0.2, 0.25) is 10.0 Å². The van der Waals surface area contributed by atoms with Crippen molar-refractivity contribution >= 4 is 19.9 Å². The van der Waals surface area contributed by atoms with Crippen molar-refractivity contribution in [2.24, 2.45) is 5.41 Å². The zero-order valence-corrected chi connectivity index (χ0v) is 14.1. The van der Waals surface area contributed by atoms with Gasteiger partial charge in [-0.1, -0.05) is 13.0 Å². The third-order valence-electron chi connectivity index (χ3n) is 4.00. The van der Waals surface area contributed by atoms with Crippen molar-refractivity contribution in [3.63, 3.8) is 0 Å². The number of benzene rings is 1. The first-order valence-electron chi connectivity index (χ1n) is 6.84. The molecule has 0 unspecified atom stereocenters. The molecular formula is C14H21NO4S2. The zero-order valence-electron chi connectivity index (χ0n) is 12.5. The first-order chi connectivity index (χ1) is 9.54.